The van der Waals surface area contributed by atoms with Crippen LogP contribution >= 0.6 is 11.6 Å². The Hall–Kier alpha value is -4.04. The summed E-state index contributed by atoms with van der Waals surface area (Å²) in [4.78, 5) is 24.4. The van der Waals surface area contributed by atoms with Gasteiger partial charge in [-0.25, -0.2) is 10.2 Å². The Morgan fingerprint density at radius 2 is 1.76 bits per heavy atom. The van der Waals surface area contributed by atoms with Gasteiger partial charge in [0.2, 0.25) is 0 Å². The van der Waals surface area contributed by atoms with Crippen LogP contribution in [0.4, 0.5) is 0 Å². The molecule has 0 spiro atoms. The zero-order valence-electron chi connectivity index (χ0n) is 18.6. The highest BCUT2D eigenvalue weighted by Crippen LogP contribution is 2.29. The fraction of sp³-hybridized carbons (Fsp3) is 0.160. The van der Waals surface area contributed by atoms with E-state index in [9.17, 15) is 9.59 Å². The third-order valence-electron chi connectivity index (χ3n) is 4.36. The lowest BCUT2D eigenvalue weighted by molar-refractivity contribution is -0.123. The second-order valence-corrected chi connectivity index (χ2v) is 7.23. The van der Waals surface area contributed by atoms with Gasteiger partial charge in [0, 0.05) is 5.02 Å². The van der Waals surface area contributed by atoms with Gasteiger partial charge in [-0.3, -0.25) is 4.79 Å². The summed E-state index contributed by atoms with van der Waals surface area (Å²) in [5.41, 5.74) is 3.38. The van der Waals surface area contributed by atoms with Crippen molar-refractivity contribution in [3.8, 4) is 23.0 Å². The van der Waals surface area contributed by atoms with Crippen LogP contribution in [0, 0.1) is 0 Å². The first-order valence-corrected chi connectivity index (χ1v) is 10.7. The number of hydrogen-bond acceptors (Lipinski definition) is 7. The van der Waals surface area contributed by atoms with E-state index >= 15 is 0 Å². The molecule has 176 valence electrons. The van der Waals surface area contributed by atoms with E-state index in [0.717, 1.165) is 0 Å². The van der Waals surface area contributed by atoms with E-state index in [1.54, 1.807) is 73.8 Å². The van der Waals surface area contributed by atoms with E-state index in [2.05, 4.69) is 10.5 Å². The van der Waals surface area contributed by atoms with Crippen molar-refractivity contribution in [1.82, 2.24) is 5.43 Å². The van der Waals surface area contributed by atoms with Gasteiger partial charge in [-0.05, 0) is 73.2 Å². The number of benzene rings is 3. The van der Waals surface area contributed by atoms with Crippen molar-refractivity contribution in [1.29, 1.82) is 0 Å². The van der Waals surface area contributed by atoms with E-state index in [4.69, 9.17) is 30.5 Å². The van der Waals surface area contributed by atoms with Crippen molar-refractivity contribution in [3.63, 3.8) is 0 Å². The SMILES string of the molecule is CCOc1cc(C=NNC(=O)COc2cccc(Cl)c2)ccc1OC(=O)c1ccc(OC)cc1. The van der Waals surface area contributed by atoms with Crippen LogP contribution < -0.4 is 24.4 Å². The minimum atomic E-state index is -0.531. The average Bonchev–Trinajstić information content (AvgIpc) is 2.84. The summed E-state index contributed by atoms with van der Waals surface area (Å²) in [6, 6.07) is 18.2. The molecule has 1 N–H and O–H groups in total. The standard InChI is InChI=1S/C25H23ClN2O6/c1-3-32-23-13-17(15-27-28-24(29)16-33-21-6-4-5-19(26)14-21)7-12-22(23)34-25(30)18-8-10-20(31-2)11-9-18/h4-15H,3,16H2,1-2H3,(H,28,29). The minimum absolute atomic E-state index is 0.220. The van der Waals surface area contributed by atoms with E-state index in [1.165, 1.54) is 6.21 Å². The molecule has 1 amide bonds. The first kappa shape index (κ1) is 24.6. The number of esters is 1. The van der Waals surface area contributed by atoms with Crippen LogP contribution in [-0.2, 0) is 4.79 Å². The van der Waals surface area contributed by atoms with Crippen LogP contribution in [0.3, 0.4) is 0 Å². The molecule has 0 aliphatic heterocycles. The first-order valence-electron chi connectivity index (χ1n) is 10.3. The molecule has 8 nitrogen and oxygen atoms in total. The number of hydrazone groups is 1. The number of amides is 1. The number of carbonyl (C=O) groups excluding carboxylic acids is 2. The maximum absolute atomic E-state index is 12.5. The molecule has 0 aliphatic rings. The van der Waals surface area contributed by atoms with Gasteiger partial charge in [0.05, 0.1) is 25.5 Å². The van der Waals surface area contributed by atoms with E-state index in [0.29, 0.717) is 40.0 Å². The Balaban J connectivity index is 1.59. The van der Waals surface area contributed by atoms with Gasteiger partial charge < -0.3 is 18.9 Å². The molecule has 0 unspecified atom stereocenters. The van der Waals surface area contributed by atoms with Crippen molar-refractivity contribution < 1.29 is 28.5 Å². The number of hydrogen-bond donors (Lipinski definition) is 1. The van der Waals surface area contributed by atoms with E-state index in [1.807, 2.05) is 6.92 Å². The number of nitrogens with zero attached hydrogens (tertiary/aromatic N) is 1. The third-order valence-corrected chi connectivity index (χ3v) is 4.60. The topological polar surface area (TPSA) is 95.5 Å². The zero-order valence-corrected chi connectivity index (χ0v) is 19.4. The Labute approximate surface area is 202 Å². The van der Waals surface area contributed by atoms with Gasteiger partial charge in [0.15, 0.2) is 18.1 Å². The number of carbonyl (C=O) groups is 2. The second kappa shape index (κ2) is 12.3. The largest absolute Gasteiger partial charge is 0.497 e. The van der Waals surface area contributed by atoms with Crippen LogP contribution in [-0.4, -0.2) is 38.4 Å². The summed E-state index contributed by atoms with van der Waals surface area (Å²) >= 11 is 5.88. The number of halogens is 1. The molecule has 0 saturated heterocycles. The lowest BCUT2D eigenvalue weighted by atomic mass is 10.2. The monoisotopic (exact) mass is 482 g/mol. The normalized spacial score (nSPS) is 10.6. The predicted octanol–water partition coefficient (Wildman–Crippen LogP) is 4.50. The number of nitrogens with one attached hydrogen (secondary N) is 1. The third kappa shape index (κ3) is 7.25. The van der Waals surface area contributed by atoms with Crippen LogP contribution in [0.25, 0.3) is 0 Å². The molecule has 3 aromatic carbocycles. The van der Waals surface area contributed by atoms with Crippen LogP contribution in [0.15, 0.2) is 71.8 Å². The Morgan fingerprint density at radius 3 is 2.47 bits per heavy atom. The number of methoxy groups -OCH3 is 1. The zero-order chi connectivity index (χ0) is 24.3. The van der Waals surface area contributed by atoms with Crippen LogP contribution in [0.2, 0.25) is 5.02 Å². The Bertz CT molecular complexity index is 1160. The molecule has 0 bridgehead atoms. The summed E-state index contributed by atoms with van der Waals surface area (Å²) < 4.78 is 21.5. The lowest BCUT2D eigenvalue weighted by Crippen LogP contribution is -2.24. The van der Waals surface area contributed by atoms with Gasteiger partial charge in [0.1, 0.15) is 11.5 Å². The van der Waals surface area contributed by atoms with Crippen molar-refractivity contribution in [3.05, 3.63) is 82.9 Å². The number of rotatable bonds is 10. The molecule has 3 aromatic rings. The van der Waals surface area contributed by atoms with Gasteiger partial charge in [-0.2, -0.15) is 5.10 Å². The lowest BCUT2D eigenvalue weighted by Gasteiger charge is -2.11. The summed E-state index contributed by atoms with van der Waals surface area (Å²) in [6.07, 6.45) is 1.44. The summed E-state index contributed by atoms with van der Waals surface area (Å²) in [6.45, 7) is 1.96. The van der Waals surface area contributed by atoms with Crippen molar-refractivity contribution in [2.24, 2.45) is 5.10 Å². The van der Waals surface area contributed by atoms with Crippen LogP contribution in [0.5, 0.6) is 23.0 Å². The summed E-state index contributed by atoms with van der Waals surface area (Å²) in [7, 11) is 1.55. The fourth-order valence-electron chi connectivity index (χ4n) is 2.76. The van der Waals surface area contributed by atoms with Crippen LogP contribution in [0.1, 0.15) is 22.8 Å². The predicted molar refractivity (Wildman–Crippen MR) is 128 cm³/mol. The van der Waals surface area contributed by atoms with Crippen molar-refractivity contribution in [2.75, 3.05) is 20.3 Å². The highest BCUT2D eigenvalue weighted by molar-refractivity contribution is 6.30. The molecule has 0 fully saturated rings. The summed E-state index contributed by atoms with van der Waals surface area (Å²) in [5, 5.41) is 4.43. The molecule has 3 rings (SSSR count). The van der Waals surface area contributed by atoms with Gasteiger partial charge >= 0.3 is 5.97 Å². The molecular weight excluding hydrogens is 460 g/mol. The molecule has 0 atom stereocenters. The maximum atomic E-state index is 12.5. The molecular formula is C25H23ClN2O6. The van der Waals surface area contributed by atoms with E-state index in [-0.39, 0.29) is 12.4 Å². The molecule has 0 aliphatic carbocycles. The Morgan fingerprint density at radius 1 is 0.971 bits per heavy atom. The summed E-state index contributed by atoms with van der Waals surface area (Å²) in [5.74, 6) is 0.775. The molecule has 0 saturated carbocycles. The highest BCUT2D eigenvalue weighted by Gasteiger charge is 2.13. The Kier molecular flexibility index (Phi) is 8.88. The van der Waals surface area contributed by atoms with Gasteiger partial charge in [-0.15, -0.1) is 0 Å². The first-order chi connectivity index (χ1) is 16.5. The molecule has 0 aromatic heterocycles. The minimum Gasteiger partial charge on any atom is -0.497 e. The second-order valence-electron chi connectivity index (χ2n) is 6.80. The van der Waals surface area contributed by atoms with Gasteiger partial charge in [-0.1, -0.05) is 17.7 Å². The maximum Gasteiger partial charge on any atom is 0.343 e. The van der Waals surface area contributed by atoms with Crippen molar-refractivity contribution in [2.45, 2.75) is 6.92 Å². The van der Waals surface area contributed by atoms with Crippen molar-refractivity contribution >= 4 is 29.7 Å². The van der Waals surface area contributed by atoms with Gasteiger partial charge in [0.25, 0.3) is 5.91 Å². The average molecular weight is 483 g/mol. The fourth-order valence-corrected chi connectivity index (χ4v) is 2.94. The highest BCUT2D eigenvalue weighted by atomic mass is 35.5. The molecule has 9 heteroatoms. The van der Waals surface area contributed by atoms with E-state index < -0.39 is 11.9 Å². The molecule has 0 radical (unpaired) electrons. The molecule has 34 heavy (non-hydrogen) atoms. The smallest absolute Gasteiger partial charge is 0.343 e. The molecule has 0 heterocycles. The number of ether oxygens (including phenoxy) is 4. The quantitative estimate of drug-likeness (QED) is 0.198.